The summed E-state index contributed by atoms with van der Waals surface area (Å²) in [5.74, 6) is 0.0347. The number of aromatic nitrogens is 2. The Morgan fingerprint density at radius 2 is 2.20 bits per heavy atom. The van der Waals surface area contributed by atoms with Crippen LogP contribution in [0.3, 0.4) is 0 Å². The van der Waals surface area contributed by atoms with Crippen LogP contribution >= 0.6 is 0 Å². The number of halogens is 1. The third-order valence-electron chi connectivity index (χ3n) is 3.45. The highest BCUT2D eigenvalue weighted by atomic mass is 19.1. The lowest BCUT2D eigenvalue weighted by molar-refractivity contribution is 0.512. The molecule has 0 amide bonds. The zero-order valence-electron chi connectivity index (χ0n) is 11.0. The maximum absolute atomic E-state index is 13.5. The molecular formula is C14H14FN5. The summed E-state index contributed by atoms with van der Waals surface area (Å²) in [6.07, 6.45) is 4.91. The molecule has 1 atom stereocenters. The van der Waals surface area contributed by atoms with Crippen LogP contribution in [0.5, 0.6) is 0 Å². The lowest BCUT2D eigenvalue weighted by atomic mass is 9.96. The van der Waals surface area contributed by atoms with Gasteiger partial charge < -0.3 is 5.73 Å². The van der Waals surface area contributed by atoms with Crippen LogP contribution in [0.1, 0.15) is 12.6 Å². The number of guanidine groups is 1. The Kier molecular flexibility index (Phi) is 2.85. The molecule has 2 aromatic rings. The Bertz CT molecular complexity index is 658. The molecule has 1 unspecified atom stereocenters. The largest absolute Gasteiger partial charge is 0.369 e. The van der Waals surface area contributed by atoms with E-state index in [0.29, 0.717) is 18.2 Å². The van der Waals surface area contributed by atoms with Gasteiger partial charge in [-0.15, -0.1) is 0 Å². The first-order valence-electron chi connectivity index (χ1n) is 6.23. The molecule has 102 valence electrons. The van der Waals surface area contributed by atoms with E-state index in [9.17, 15) is 4.39 Å². The first-order chi connectivity index (χ1) is 9.61. The van der Waals surface area contributed by atoms with Crippen molar-refractivity contribution in [3.05, 3.63) is 54.4 Å². The lowest BCUT2D eigenvalue weighted by Gasteiger charge is -2.35. The summed E-state index contributed by atoms with van der Waals surface area (Å²) < 4.78 is 13.5. The van der Waals surface area contributed by atoms with Crippen LogP contribution in [0.4, 0.5) is 10.1 Å². The topological polar surface area (TPSA) is 67.4 Å². The second-order valence-electron chi connectivity index (χ2n) is 4.85. The number of hydrogen-bond acceptors (Lipinski definition) is 5. The first-order valence-corrected chi connectivity index (χ1v) is 6.23. The van der Waals surface area contributed by atoms with Gasteiger partial charge in [-0.05, 0) is 25.1 Å². The fourth-order valence-corrected chi connectivity index (χ4v) is 2.43. The van der Waals surface area contributed by atoms with Gasteiger partial charge in [-0.1, -0.05) is 6.07 Å². The molecule has 0 bridgehead atoms. The van der Waals surface area contributed by atoms with Crippen LogP contribution in [0, 0.1) is 5.82 Å². The van der Waals surface area contributed by atoms with Gasteiger partial charge in [0.05, 0.1) is 18.4 Å². The Hall–Kier alpha value is -2.50. The summed E-state index contributed by atoms with van der Waals surface area (Å²) in [7, 11) is 0. The standard InChI is InChI=1S/C14H14FN5/c1-14(12-8-17-5-6-18-12)9-19-13(16)20(14)11-4-2-3-10(15)7-11/h2-8H,9H2,1H3,(H2,16,19). The van der Waals surface area contributed by atoms with Crippen LogP contribution in [0.25, 0.3) is 0 Å². The lowest BCUT2D eigenvalue weighted by Crippen LogP contribution is -2.48. The van der Waals surface area contributed by atoms with Crippen molar-refractivity contribution in [2.75, 3.05) is 11.4 Å². The third-order valence-corrected chi connectivity index (χ3v) is 3.45. The summed E-state index contributed by atoms with van der Waals surface area (Å²) in [5.41, 5.74) is 6.81. The van der Waals surface area contributed by atoms with Gasteiger partial charge in [-0.3, -0.25) is 19.9 Å². The Labute approximate surface area is 116 Å². The number of nitrogens with two attached hydrogens (primary N) is 1. The summed E-state index contributed by atoms with van der Waals surface area (Å²) in [5, 5.41) is 0. The van der Waals surface area contributed by atoms with Crippen molar-refractivity contribution in [1.82, 2.24) is 9.97 Å². The monoisotopic (exact) mass is 271 g/mol. The molecule has 2 N–H and O–H groups in total. The van der Waals surface area contributed by atoms with E-state index in [0.717, 1.165) is 5.69 Å². The molecule has 0 spiro atoms. The van der Waals surface area contributed by atoms with E-state index in [1.807, 2.05) is 6.92 Å². The molecule has 1 aromatic carbocycles. The van der Waals surface area contributed by atoms with Gasteiger partial charge in [0.25, 0.3) is 0 Å². The number of nitrogens with zero attached hydrogens (tertiary/aromatic N) is 4. The van der Waals surface area contributed by atoms with Gasteiger partial charge in [-0.25, -0.2) is 4.39 Å². The first kappa shape index (κ1) is 12.5. The zero-order chi connectivity index (χ0) is 14.2. The van der Waals surface area contributed by atoms with Crippen LogP contribution in [-0.2, 0) is 5.54 Å². The highest BCUT2D eigenvalue weighted by Crippen LogP contribution is 2.35. The molecule has 0 saturated heterocycles. The number of hydrogen-bond donors (Lipinski definition) is 1. The maximum atomic E-state index is 13.5. The van der Waals surface area contributed by atoms with Crippen LogP contribution in [0.2, 0.25) is 0 Å². The second kappa shape index (κ2) is 4.56. The summed E-state index contributed by atoms with van der Waals surface area (Å²) >= 11 is 0. The molecule has 1 aliphatic heterocycles. The van der Waals surface area contributed by atoms with Crippen molar-refractivity contribution < 1.29 is 4.39 Å². The van der Waals surface area contributed by atoms with Gasteiger partial charge in [-0.2, -0.15) is 0 Å². The normalized spacial score (nSPS) is 21.9. The van der Waals surface area contributed by atoms with Gasteiger partial charge in [0.1, 0.15) is 11.4 Å². The highest BCUT2D eigenvalue weighted by molar-refractivity contribution is 5.98. The molecule has 1 aliphatic rings. The van der Waals surface area contributed by atoms with E-state index in [-0.39, 0.29) is 5.82 Å². The number of aliphatic imine (C=N–C) groups is 1. The predicted octanol–water partition coefficient (Wildman–Crippen LogP) is 1.67. The van der Waals surface area contributed by atoms with Crippen molar-refractivity contribution in [1.29, 1.82) is 0 Å². The van der Waals surface area contributed by atoms with Gasteiger partial charge >= 0.3 is 0 Å². The minimum atomic E-state index is -0.563. The Morgan fingerprint density at radius 3 is 2.90 bits per heavy atom. The van der Waals surface area contributed by atoms with Crippen molar-refractivity contribution >= 4 is 11.6 Å². The predicted molar refractivity (Wildman–Crippen MR) is 74.8 cm³/mol. The minimum Gasteiger partial charge on any atom is -0.369 e. The summed E-state index contributed by atoms with van der Waals surface area (Å²) in [6, 6.07) is 6.27. The van der Waals surface area contributed by atoms with Crippen molar-refractivity contribution in [2.45, 2.75) is 12.5 Å². The van der Waals surface area contributed by atoms with Crippen molar-refractivity contribution in [3.63, 3.8) is 0 Å². The van der Waals surface area contributed by atoms with E-state index in [4.69, 9.17) is 5.73 Å². The Morgan fingerprint density at radius 1 is 1.35 bits per heavy atom. The van der Waals surface area contributed by atoms with Crippen LogP contribution in [0.15, 0.2) is 47.8 Å². The molecule has 0 saturated carbocycles. The minimum absolute atomic E-state index is 0.316. The fraction of sp³-hybridized carbons (Fsp3) is 0.214. The van der Waals surface area contributed by atoms with E-state index in [1.54, 1.807) is 35.6 Å². The number of rotatable bonds is 2. The smallest absolute Gasteiger partial charge is 0.196 e. The molecule has 0 fully saturated rings. The van der Waals surface area contributed by atoms with E-state index in [1.165, 1.54) is 12.1 Å². The van der Waals surface area contributed by atoms with Gasteiger partial charge in [0.15, 0.2) is 5.96 Å². The van der Waals surface area contributed by atoms with E-state index in [2.05, 4.69) is 15.0 Å². The summed E-state index contributed by atoms with van der Waals surface area (Å²) in [4.78, 5) is 14.5. The average molecular weight is 271 g/mol. The van der Waals surface area contributed by atoms with Crippen molar-refractivity contribution in [3.8, 4) is 0 Å². The second-order valence-corrected chi connectivity index (χ2v) is 4.85. The zero-order valence-corrected chi connectivity index (χ0v) is 11.0. The molecule has 0 aliphatic carbocycles. The van der Waals surface area contributed by atoms with Crippen LogP contribution in [-0.4, -0.2) is 22.5 Å². The fourth-order valence-electron chi connectivity index (χ4n) is 2.43. The third kappa shape index (κ3) is 1.89. The number of benzene rings is 1. The van der Waals surface area contributed by atoms with Gasteiger partial charge in [0, 0.05) is 18.1 Å². The average Bonchev–Trinajstić information content (AvgIpc) is 2.77. The van der Waals surface area contributed by atoms with Gasteiger partial charge in [0.2, 0.25) is 0 Å². The molecule has 0 radical (unpaired) electrons. The molecule has 2 heterocycles. The molecule has 6 heteroatoms. The molecule has 3 rings (SSSR count). The quantitative estimate of drug-likeness (QED) is 0.902. The number of anilines is 1. The van der Waals surface area contributed by atoms with E-state index < -0.39 is 5.54 Å². The molecule has 1 aromatic heterocycles. The molecule has 5 nitrogen and oxygen atoms in total. The summed E-state index contributed by atoms with van der Waals surface area (Å²) in [6.45, 7) is 2.42. The van der Waals surface area contributed by atoms with E-state index >= 15 is 0 Å². The Balaban J connectivity index is 2.09. The maximum Gasteiger partial charge on any atom is 0.196 e. The highest BCUT2D eigenvalue weighted by Gasteiger charge is 2.42. The van der Waals surface area contributed by atoms with Crippen LogP contribution < -0.4 is 10.6 Å². The molecular weight excluding hydrogens is 257 g/mol. The SMILES string of the molecule is CC1(c2cnccn2)CN=C(N)N1c1cccc(F)c1. The molecule has 20 heavy (non-hydrogen) atoms. The van der Waals surface area contributed by atoms with Crippen molar-refractivity contribution in [2.24, 2.45) is 10.7 Å².